The van der Waals surface area contributed by atoms with Crippen molar-refractivity contribution in [3.63, 3.8) is 0 Å². The predicted octanol–water partition coefficient (Wildman–Crippen LogP) is 1.68. The fraction of sp³-hybridized carbons (Fsp3) is 0.222. The molecule has 0 saturated heterocycles. The zero-order valence-electron chi connectivity index (χ0n) is 7.70. The molecule has 0 amide bonds. The first-order chi connectivity index (χ1) is 7.10. The number of esters is 1. The molecule has 0 aliphatic rings. The maximum Gasteiger partial charge on any atom is 0.340 e. The summed E-state index contributed by atoms with van der Waals surface area (Å²) < 4.78 is 28.8. The fourth-order valence-corrected chi connectivity index (χ4v) is 0.956. The van der Waals surface area contributed by atoms with Crippen molar-refractivity contribution in [3.8, 4) is 6.07 Å². The molecule has 0 N–H and O–H groups in total. The number of hydrogen-bond acceptors (Lipinski definition) is 4. The van der Waals surface area contributed by atoms with Crippen LogP contribution in [0.25, 0.3) is 0 Å². The van der Waals surface area contributed by atoms with E-state index in [2.05, 4.69) is 9.72 Å². The third kappa shape index (κ3) is 2.26. The number of pyridine rings is 1. The van der Waals surface area contributed by atoms with Crippen LogP contribution in [0.2, 0.25) is 0 Å². The number of ether oxygens (including phenoxy) is 1. The van der Waals surface area contributed by atoms with E-state index in [0.717, 1.165) is 19.4 Å². The quantitative estimate of drug-likeness (QED) is 0.699. The van der Waals surface area contributed by atoms with Gasteiger partial charge in [-0.05, 0) is 6.07 Å². The highest BCUT2D eigenvalue weighted by atomic mass is 19.3. The smallest absolute Gasteiger partial charge is 0.340 e. The number of rotatable bonds is 2. The van der Waals surface area contributed by atoms with Crippen molar-refractivity contribution >= 4 is 5.97 Å². The van der Waals surface area contributed by atoms with E-state index in [1.807, 2.05) is 0 Å². The van der Waals surface area contributed by atoms with Crippen LogP contribution in [0.4, 0.5) is 8.78 Å². The van der Waals surface area contributed by atoms with Crippen molar-refractivity contribution in [2.24, 2.45) is 0 Å². The SMILES string of the molecule is COC(=O)c1cnc(C(F)F)cc1C#N. The maximum absolute atomic E-state index is 12.2. The van der Waals surface area contributed by atoms with Gasteiger partial charge < -0.3 is 4.74 Å². The zero-order chi connectivity index (χ0) is 11.4. The number of nitrogens with zero attached hydrogens (tertiary/aromatic N) is 2. The summed E-state index contributed by atoms with van der Waals surface area (Å²) >= 11 is 0. The molecule has 4 nitrogen and oxygen atoms in total. The molecule has 0 spiro atoms. The number of hydrogen-bond donors (Lipinski definition) is 0. The Balaban J connectivity index is 3.22. The van der Waals surface area contributed by atoms with Gasteiger partial charge in [-0.1, -0.05) is 0 Å². The zero-order valence-corrected chi connectivity index (χ0v) is 7.70. The number of aromatic nitrogens is 1. The van der Waals surface area contributed by atoms with Gasteiger partial charge in [0.05, 0.1) is 18.2 Å². The Morgan fingerprint density at radius 2 is 2.33 bits per heavy atom. The second-order valence-electron chi connectivity index (χ2n) is 2.56. The topological polar surface area (TPSA) is 63.0 Å². The van der Waals surface area contributed by atoms with Gasteiger partial charge in [0.15, 0.2) is 0 Å². The summed E-state index contributed by atoms with van der Waals surface area (Å²) in [7, 11) is 1.13. The normalized spacial score (nSPS) is 9.80. The van der Waals surface area contributed by atoms with Crippen LogP contribution in [-0.2, 0) is 4.74 Å². The maximum atomic E-state index is 12.2. The van der Waals surface area contributed by atoms with Crippen LogP contribution in [0.3, 0.4) is 0 Å². The van der Waals surface area contributed by atoms with Gasteiger partial charge in [-0.15, -0.1) is 0 Å². The summed E-state index contributed by atoms with van der Waals surface area (Å²) in [5.41, 5.74) is -0.837. The highest BCUT2D eigenvalue weighted by molar-refractivity contribution is 5.91. The van der Waals surface area contributed by atoms with Gasteiger partial charge in [-0.2, -0.15) is 5.26 Å². The average molecular weight is 212 g/mol. The molecule has 0 radical (unpaired) electrons. The molecule has 0 atom stereocenters. The molecule has 0 aromatic carbocycles. The van der Waals surface area contributed by atoms with Crippen molar-refractivity contribution in [2.75, 3.05) is 7.11 Å². The average Bonchev–Trinajstić information content (AvgIpc) is 2.27. The lowest BCUT2D eigenvalue weighted by Crippen LogP contribution is -2.06. The van der Waals surface area contributed by atoms with Gasteiger partial charge in [-0.25, -0.2) is 13.6 Å². The van der Waals surface area contributed by atoms with Crippen molar-refractivity contribution in [1.29, 1.82) is 5.26 Å². The first-order valence-corrected chi connectivity index (χ1v) is 3.86. The summed E-state index contributed by atoms with van der Waals surface area (Å²) in [5, 5.41) is 8.64. The van der Waals surface area contributed by atoms with Crippen LogP contribution in [0.1, 0.15) is 28.0 Å². The Hall–Kier alpha value is -2.03. The van der Waals surface area contributed by atoms with Gasteiger partial charge in [0.25, 0.3) is 6.43 Å². The molecule has 0 aliphatic carbocycles. The standard InChI is InChI=1S/C9H6F2N2O2/c1-15-9(14)6-4-13-7(8(10)11)2-5(6)3-12/h2,4,8H,1H3. The van der Waals surface area contributed by atoms with E-state index in [1.54, 1.807) is 6.07 Å². The Morgan fingerprint density at radius 3 is 2.80 bits per heavy atom. The molecule has 0 unspecified atom stereocenters. The first kappa shape index (κ1) is 11.0. The molecule has 1 rings (SSSR count). The van der Waals surface area contributed by atoms with Crippen molar-refractivity contribution < 1.29 is 18.3 Å². The van der Waals surface area contributed by atoms with Crippen molar-refractivity contribution in [3.05, 3.63) is 29.1 Å². The highest BCUT2D eigenvalue weighted by Crippen LogP contribution is 2.19. The minimum atomic E-state index is -2.77. The van der Waals surface area contributed by atoms with Gasteiger partial charge in [0.1, 0.15) is 11.8 Å². The van der Waals surface area contributed by atoms with Gasteiger partial charge >= 0.3 is 5.97 Å². The van der Waals surface area contributed by atoms with Crippen LogP contribution in [-0.4, -0.2) is 18.1 Å². The fourth-order valence-electron chi connectivity index (χ4n) is 0.956. The molecule has 1 heterocycles. The summed E-state index contributed by atoms with van der Waals surface area (Å²) in [6.07, 6.45) is -1.87. The van der Waals surface area contributed by atoms with Crippen LogP contribution in [0.5, 0.6) is 0 Å². The minimum absolute atomic E-state index is 0.121. The summed E-state index contributed by atoms with van der Waals surface area (Å²) in [4.78, 5) is 14.4. The first-order valence-electron chi connectivity index (χ1n) is 3.86. The molecule has 0 saturated carbocycles. The van der Waals surface area contributed by atoms with E-state index in [-0.39, 0.29) is 11.1 Å². The Kier molecular flexibility index (Phi) is 3.29. The number of carbonyl (C=O) groups is 1. The number of nitriles is 1. The Labute approximate surface area is 84.1 Å². The van der Waals surface area contributed by atoms with E-state index < -0.39 is 18.1 Å². The largest absolute Gasteiger partial charge is 0.465 e. The van der Waals surface area contributed by atoms with E-state index in [0.29, 0.717) is 0 Å². The number of methoxy groups -OCH3 is 1. The van der Waals surface area contributed by atoms with Gasteiger partial charge in [-0.3, -0.25) is 4.98 Å². The number of carbonyl (C=O) groups excluding carboxylic acids is 1. The van der Waals surface area contributed by atoms with E-state index >= 15 is 0 Å². The van der Waals surface area contributed by atoms with Gasteiger partial charge in [0, 0.05) is 6.20 Å². The molecular weight excluding hydrogens is 206 g/mol. The van der Waals surface area contributed by atoms with Crippen LogP contribution < -0.4 is 0 Å². The van der Waals surface area contributed by atoms with E-state index in [9.17, 15) is 13.6 Å². The summed E-state index contributed by atoms with van der Waals surface area (Å²) in [6.45, 7) is 0. The highest BCUT2D eigenvalue weighted by Gasteiger charge is 2.16. The molecule has 6 heteroatoms. The van der Waals surface area contributed by atoms with Gasteiger partial charge in [0.2, 0.25) is 0 Å². The number of halogens is 2. The van der Waals surface area contributed by atoms with Crippen molar-refractivity contribution in [1.82, 2.24) is 4.98 Å². The summed E-state index contributed by atoms with van der Waals surface area (Å²) in [6, 6.07) is 2.50. The molecule has 78 valence electrons. The third-order valence-electron chi connectivity index (χ3n) is 1.67. The molecule has 1 aromatic rings. The van der Waals surface area contributed by atoms with Crippen LogP contribution in [0.15, 0.2) is 12.3 Å². The predicted molar refractivity (Wildman–Crippen MR) is 45.2 cm³/mol. The van der Waals surface area contributed by atoms with E-state index in [4.69, 9.17) is 5.26 Å². The molecule has 0 bridgehead atoms. The number of alkyl halides is 2. The summed E-state index contributed by atoms with van der Waals surface area (Å²) in [5.74, 6) is -0.778. The molecule has 0 fully saturated rings. The molecular formula is C9H6F2N2O2. The van der Waals surface area contributed by atoms with Crippen molar-refractivity contribution in [2.45, 2.75) is 6.43 Å². The second-order valence-corrected chi connectivity index (χ2v) is 2.56. The monoisotopic (exact) mass is 212 g/mol. The lowest BCUT2D eigenvalue weighted by Gasteiger charge is -2.03. The third-order valence-corrected chi connectivity index (χ3v) is 1.67. The lowest BCUT2D eigenvalue weighted by molar-refractivity contribution is 0.0599. The van der Waals surface area contributed by atoms with E-state index in [1.165, 1.54) is 0 Å². The lowest BCUT2D eigenvalue weighted by atomic mass is 10.1. The molecule has 1 aromatic heterocycles. The second kappa shape index (κ2) is 4.46. The Morgan fingerprint density at radius 1 is 1.67 bits per heavy atom. The van der Waals surface area contributed by atoms with Crippen LogP contribution >= 0.6 is 0 Å². The molecule has 15 heavy (non-hydrogen) atoms. The van der Waals surface area contributed by atoms with Crippen LogP contribution in [0, 0.1) is 11.3 Å². The Bertz CT molecular complexity index is 427. The minimum Gasteiger partial charge on any atom is -0.465 e. The molecule has 0 aliphatic heterocycles.